The Labute approximate surface area is 165 Å². The van der Waals surface area contributed by atoms with Crippen molar-refractivity contribution in [2.75, 3.05) is 13.1 Å². The number of nitrogens with zero attached hydrogens (tertiary/aromatic N) is 5. The summed E-state index contributed by atoms with van der Waals surface area (Å²) in [5.74, 6) is -0.991. The van der Waals surface area contributed by atoms with Gasteiger partial charge in [0.25, 0.3) is 5.91 Å². The molecular weight excluding hydrogens is 358 g/mol. The molecule has 1 aliphatic heterocycles. The van der Waals surface area contributed by atoms with Gasteiger partial charge < -0.3 is 10.0 Å². The van der Waals surface area contributed by atoms with Crippen molar-refractivity contribution in [1.29, 1.82) is 0 Å². The summed E-state index contributed by atoms with van der Waals surface area (Å²) >= 11 is 0. The summed E-state index contributed by atoms with van der Waals surface area (Å²) in [6.45, 7) is 9.27. The summed E-state index contributed by atoms with van der Waals surface area (Å²) in [6, 6.07) is 2.31. The molecule has 28 heavy (non-hydrogen) atoms. The first kappa shape index (κ1) is 20.1. The normalized spacial score (nSPS) is 15.4. The number of carboxylic acids is 1. The fourth-order valence-electron chi connectivity index (χ4n) is 4.07. The molecule has 2 aromatic rings. The van der Waals surface area contributed by atoms with E-state index < -0.39 is 5.97 Å². The van der Waals surface area contributed by atoms with Crippen LogP contribution >= 0.6 is 0 Å². The number of aromatic nitrogens is 4. The third-order valence-electron chi connectivity index (χ3n) is 5.80. The average Bonchev–Trinajstić information content (AvgIpc) is 3.26. The van der Waals surface area contributed by atoms with E-state index in [2.05, 4.69) is 24.0 Å². The number of hydrogen-bond acceptors (Lipinski definition) is 4. The van der Waals surface area contributed by atoms with Crippen molar-refractivity contribution in [3.05, 3.63) is 34.9 Å². The number of hydrogen-bond donors (Lipinski definition) is 1. The SMILES string of the molecule is CCC(CC)n1nc(C(=O)N2CCC(n3ncc(C(=O)O)c3C)CC2)cc1C. The number of carbonyl (C=O) groups excluding carboxylic acids is 1. The van der Waals surface area contributed by atoms with Crippen molar-refractivity contribution in [3.63, 3.8) is 0 Å². The number of carbonyl (C=O) groups is 2. The van der Waals surface area contributed by atoms with Crippen molar-refractivity contribution in [3.8, 4) is 0 Å². The van der Waals surface area contributed by atoms with E-state index in [0.29, 0.717) is 30.5 Å². The van der Waals surface area contributed by atoms with Crippen LogP contribution in [0.3, 0.4) is 0 Å². The quantitative estimate of drug-likeness (QED) is 0.821. The third kappa shape index (κ3) is 3.68. The molecule has 1 fully saturated rings. The van der Waals surface area contributed by atoms with Gasteiger partial charge in [-0.05, 0) is 45.6 Å². The second kappa shape index (κ2) is 8.16. The summed E-state index contributed by atoms with van der Waals surface area (Å²) in [6.07, 6.45) is 4.88. The number of piperidine rings is 1. The monoisotopic (exact) mass is 387 g/mol. The van der Waals surface area contributed by atoms with E-state index in [1.165, 1.54) is 6.20 Å². The topological polar surface area (TPSA) is 93.3 Å². The summed E-state index contributed by atoms with van der Waals surface area (Å²) in [5, 5.41) is 18.0. The van der Waals surface area contributed by atoms with Crippen LogP contribution in [0.1, 0.15) is 83.8 Å². The molecule has 3 heterocycles. The summed E-state index contributed by atoms with van der Waals surface area (Å²) < 4.78 is 3.76. The van der Waals surface area contributed by atoms with Crippen LogP contribution < -0.4 is 0 Å². The molecule has 0 atom stereocenters. The Balaban J connectivity index is 1.67. The zero-order chi connectivity index (χ0) is 20.4. The Morgan fingerprint density at radius 2 is 1.86 bits per heavy atom. The lowest BCUT2D eigenvalue weighted by atomic mass is 10.0. The zero-order valence-electron chi connectivity index (χ0n) is 17.1. The molecule has 0 bridgehead atoms. The van der Waals surface area contributed by atoms with Crippen LogP contribution in [0.2, 0.25) is 0 Å². The largest absolute Gasteiger partial charge is 0.478 e. The second-order valence-electron chi connectivity index (χ2n) is 7.50. The van der Waals surface area contributed by atoms with Crippen molar-refractivity contribution in [2.24, 2.45) is 0 Å². The van der Waals surface area contributed by atoms with E-state index in [9.17, 15) is 14.7 Å². The number of rotatable bonds is 6. The van der Waals surface area contributed by atoms with Gasteiger partial charge in [-0.3, -0.25) is 14.2 Å². The van der Waals surface area contributed by atoms with Crippen LogP contribution in [-0.2, 0) is 0 Å². The van der Waals surface area contributed by atoms with E-state index in [1.54, 1.807) is 11.6 Å². The number of likely N-dealkylation sites (tertiary alicyclic amines) is 1. The summed E-state index contributed by atoms with van der Waals surface area (Å²) in [5.41, 5.74) is 2.42. The highest BCUT2D eigenvalue weighted by atomic mass is 16.4. The highest BCUT2D eigenvalue weighted by Gasteiger charge is 2.28. The molecule has 0 aliphatic carbocycles. The molecule has 8 heteroatoms. The molecular formula is C20H29N5O3. The van der Waals surface area contributed by atoms with E-state index >= 15 is 0 Å². The molecule has 0 radical (unpaired) electrons. The van der Waals surface area contributed by atoms with E-state index in [-0.39, 0.29) is 17.5 Å². The minimum Gasteiger partial charge on any atom is -0.478 e. The third-order valence-corrected chi connectivity index (χ3v) is 5.80. The Morgan fingerprint density at radius 3 is 2.39 bits per heavy atom. The van der Waals surface area contributed by atoms with Gasteiger partial charge in [0.2, 0.25) is 0 Å². The zero-order valence-corrected chi connectivity index (χ0v) is 17.1. The fraction of sp³-hybridized carbons (Fsp3) is 0.600. The lowest BCUT2D eigenvalue weighted by Gasteiger charge is -2.32. The number of aromatic carboxylic acids is 1. The Kier molecular flexibility index (Phi) is 5.86. The predicted molar refractivity (Wildman–Crippen MR) is 105 cm³/mol. The Hall–Kier alpha value is -2.64. The average molecular weight is 387 g/mol. The highest BCUT2D eigenvalue weighted by molar-refractivity contribution is 5.92. The van der Waals surface area contributed by atoms with Gasteiger partial charge in [0, 0.05) is 18.8 Å². The molecule has 3 rings (SSSR count). The van der Waals surface area contributed by atoms with Crippen LogP contribution in [0.4, 0.5) is 0 Å². The predicted octanol–water partition coefficient (Wildman–Crippen LogP) is 3.23. The summed E-state index contributed by atoms with van der Waals surface area (Å²) in [7, 11) is 0. The van der Waals surface area contributed by atoms with Gasteiger partial charge in [0.1, 0.15) is 5.56 Å². The van der Waals surface area contributed by atoms with E-state index in [1.807, 2.05) is 22.6 Å². The van der Waals surface area contributed by atoms with Crippen molar-refractivity contribution in [2.45, 2.75) is 65.5 Å². The molecule has 2 aromatic heterocycles. The minimum atomic E-state index is -0.959. The molecule has 0 unspecified atom stereocenters. The summed E-state index contributed by atoms with van der Waals surface area (Å²) in [4.78, 5) is 26.0. The molecule has 1 amide bonds. The number of carboxylic acid groups (broad SMARTS) is 1. The smallest absolute Gasteiger partial charge is 0.339 e. The maximum atomic E-state index is 12.9. The van der Waals surface area contributed by atoms with Crippen LogP contribution in [0.5, 0.6) is 0 Å². The highest BCUT2D eigenvalue weighted by Crippen LogP contribution is 2.26. The maximum Gasteiger partial charge on any atom is 0.339 e. The van der Waals surface area contributed by atoms with Gasteiger partial charge in [0.05, 0.1) is 24.0 Å². The van der Waals surface area contributed by atoms with Crippen molar-refractivity contribution in [1.82, 2.24) is 24.5 Å². The first-order valence-electron chi connectivity index (χ1n) is 10.00. The van der Waals surface area contributed by atoms with E-state index in [0.717, 1.165) is 31.4 Å². The van der Waals surface area contributed by atoms with Gasteiger partial charge in [-0.2, -0.15) is 10.2 Å². The molecule has 1 aliphatic rings. The van der Waals surface area contributed by atoms with Crippen LogP contribution in [0.25, 0.3) is 0 Å². The molecule has 8 nitrogen and oxygen atoms in total. The lowest BCUT2D eigenvalue weighted by Crippen LogP contribution is -2.39. The molecule has 0 spiro atoms. The van der Waals surface area contributed by atoms with Crippen LogP contribution in [-0.4, -0.2) is 54.5 Å². The fourth-order valence-corrected chi connectivity index (χ4v) is 4.07. The van der Waals surface area contributed by atoms with Gasteiger partial charge in [-0.25, -0.2) is 4.79 Å². The standard InChI is InChI=1S/C20H29N5O3/c1-5-15(6-2)24-13(3)11-18(22-24)19(26)23-9-7-16(8-10-23)25-14(4)17(12-21-25)20(27)28/h11-12,15-16H,5-10H2,1-4H3,(H,27,28). The van der Waals surface area contributed by atoms with Gasteiger partial charge in [0.15, 0.2) is 5.69 Å². The van der Waals surface area contributed by atoms with Crippen molar-refractivity contribution >= 4 is 11.9 Å². The molecule has 152 valence electrons. The number of amides is 1. The number of aryl methyl sites for hydroxylation is 1. The molecule has 0 aromatic carbocycles. The molecule has 1 N–H and O–H groups in total. The molecule has 1 saturated heterocycles. The maximum absolute atomic E-state index is 12.9. The minimum absolute atomic E-state index is 0.0327. The first-order chi connectivity index (χ1) is 13.4. The van der Waals surface area contributed by atoms with Crippen LogP contribution in [0, 0.1) is 13.8 Å². The Bertz CT molecular complexity index is 857. The Morgan fingerprint density at radius 1 is 1.21 bits per heavy atom. The second-order valence-corrected chi connectivity index (χ2v) is 7.50. The van der Waals surface area contributed by atoms with Crippen LogP contribution in [0.15, 0.2) is 12.3 Å². The van der Waals surface area contributed by atoms with E-state index in [4.69, 9.17) is 0 Å². The van der Waals surface area contributed by atoms with Gasteiger partial charge in [-0.15, -0.1) is 0 Å². The van der Waals surface area contributed by atoms with Crippen molar-refractivity contribution < 1.29 is 14.7 Å². The van der Waals surface area contributed by atoms with Gasteiger partial charge in [-0.1, -0.05) is 13.8 Å². The lowest BCUT2D eigenvalue weighted by molar-refractivity contribution is 0.0681. The first-order valence-corrected chi connectivity index (χ1v) is 10.00. The van der Waals surface area contributed by atoms with Gasteiger partial charge >= 0.3 is 5.97 Å². The molecule has 0 saturated carbocycles.